The molecule has 0 aromatic carbocycles. The highest BCUT2D eigenvalue weighted by atomic mass is 32.2. The summed E-state index contributed by atoms with van der Waals surface area (Å²) in [6.45, 7) is 0.989. The molecule has 1 heterocycles. The van der Waals surface area contributed by atoms with Gasteiger partial charge in [0.2, 0.25) is 10.0 Å². The van der Waals surface area contributed by atoms with Gasteiger partial charge < -0.3 is 10.5 Å². The molecule has 2 N–H and O–H groups in total. The van der Waals surface area contributed by atoms with Crippen molar-refractivity contribution in [2.24, 2.45) is 5.73 Å². The van der Waals surface area contributed by atoms with Crippen molar-refractivity contribution in [3.05, 3.63) is 0 Å². The van der Waals surface area contributed by atoms with Crippen LogP contribution in [-0.4, -0.2) is 71.2 Å². The molecule has 0 aromatic rings. The van der Waals surface area contributed by atoms with Gasteiger partial charge in [-0.25, -0.2) is 16.8 Å². The SMILES string of the molecule is CS(=O)(=O)CCS(=O)(=O)N1CCOC(CN)C1. The van der Waals surface area contributed by atoms with Crippen molar-refractivity contribution < 1.29 is 21.6 Å². The Bertz CT molecular complexity index is 445. The fourth-order valence-electron chi connectivity index (χ4n) is 1.47. The third-order valence-electron chi connectivity index (χ3n) is 2.47. The average Bonchev–Trinajstić information content (AvgIpc) is 2.26. The van der Waals surface area contributed by atoms with E-state index in [9.17, 15) is 16.8 Å². The van der Waals surface area contributed by atoms with Crippen LogP contribution in [0.25, 0.3) is 0 Å². The number of morpholine rings is 1. The molecule has 9 heteroatoms. The van der Waals surface area contributed by atoms with Gasteiger partial charge in [-0.1, -0.05) is 0 Å². The molecule has 1 rings (SSSR count). The van der Waals surface area contributed by atoms with E-state index in [-0.39, 0.29) is 37.2 Å². The Morgan fingerprint density at radius 2 is 1.94 bits per heavy atom. The minimum atomic E-state index is -3.54. The van der Waals surface area contributed by atoms with E-state index in [4.69, 9.17) is 10.5 Å². The normalized spacial score (nSPS) is 23.8. The van der Waals surface area contributed by atoms with Crippen molar-refractivity contribution in [1.82, 2.24) is 4.31 Å². The minimum Gasteiger partial charge on any atom is -0.374 e. The van der Waals surface area contributed by atoms with Crippen molar-refractivity contribution in [3.8, 4) is 0 Å². The molecule has 1 aliphatic rings. The molecular weight excluding hydrogens is 268 g/mol. The zero-order valence-electron chi connectivity index (χ0n) is 9.70. The summed E-state index contributed by atoms with van der Waals surface area (Å²) in [6.07, 6.45) is 0.710. The standard InChI is InChI=1S/C8H18N2O5S2/c1-16(11,12)4-5-17(13,14)10-2-3-15-8(6-9)7-10/h8H,2-7,9H2,1H3. The fourth-order valence-corrected chi connectivity index (χ4v) is 4.53. The lowest BCUT2D eigenvalue weighted by atomic mass is 10.3. The molecule has 0 aliphatic carbocycles. The van der Waals surface area contributed by atoms with Gasteiger partial charge in [0.05, 0.1) is 24.2 Å². The van der Waals surface area contributed by atoms with Crippen LogP contribution in [-0.2, 0) is 24.6 Å². The summed E-state index contributed by atoms with van der Waals surface area (Å²) in [4.78, 5) is 0. The van der Waals surface area contributed by atoms with Crippen LogP contribution in [0.4, 0.5) is 0 Å². The van der Waals surface area contributed by atoms with Crippen molar-refractivity contribution in [2.75, 3.05) is 44.0 Å². The number of hydrogen-bond acceptors (Lipinski definition) is 6. The van der Waals surface area contributed by atoms with Crippen molar-refractivity contribution >= 4 is 19.9 Å². The lowest BCUT2D eigenvalue weighted by Gasteiger charge is -2.31. The van der Waals surface area contributed by atoms with Crippen LogP contribution in [0.1, 0.15) is 0 Å². The molecule has 1 unspecified atom stereocenters. The zero-order valence-corrected chi connectivity index (χ0v) is 11.3. The average molecular weight is 286 g/mol. The summed E-state index contributed by atoms with van der Waals surface area (Å²) in [5.41, 5.74) is 5.41. The molecule has 0 bridgehead atoms. The Balaban J connectivity index is 2.64. The van der Waals surface area contributed by atoms with E-state index in [1.807, 2.05) is 0 Å². The van der Waals surface area contributed by atoms with Gasteiger partial charge in [0, 0.05) is 25.9 Å². The van der Waals surface area contributed by atoms with Gasteiger partial charge >= 0.3 is 0 Å². The molecule has 1 atom stereocenters. The Hall–Kier alpha value is -0.220. The van der Waals surface area contributed by atoms with Crippen LogP contribution in [0.3, 0.4) is 0 Å². The second kappa shape index (κ2) is 5.61. The van der Waals surface area contributed by atoms with Crippen LogP contribution in [0.15, 0.2) is 0 Å². The zero-order chi connectivity index (χ0) is 13.1. The number of hydrogen-bond donors (Lipinski definition) is 1. The first-order chi connectivity index (χ1) is 7.74. The number of nitrogens with zero attached hydrogens (tertiary/aromatic N) is 1. The van der Waals surface area contributed by atoms with Crippen LogP contribution in [0, 0.1) is 0 Å². The second-order valence-corrected chi connectivity index (χ2v) is 8.38. The molecule has 102 valence electrons. The molecule has 0 aromatic heterocycles. The van der Waals surface area contributed by atoms with Crippen molar-refractivity contribution in [3.63, 3.8) is 0 Å². The highest BCUT2D eigenvalue weighted by Crippen LogP contribution is 2.10. The third-order valence-corrected chi connectivity index (χ3v) is 5.51. The van der Waals surface area contributed by atoms with E-state index in [0.717, 1.165) is 6.26 Å². The molecular formula is C8H18N2O5S2. The highest BCUT2D eigenvalue weighted by molar-refractivity contribution is 7.93. The van der Waals surface area contributed by atoms with E-state index in [1.54, 1.807) is 0 Å². The number of nitrogens with two attached hydrogens (primary N) is 1. The van der Waals surface area contributed by atoms with Crippen LogP contribution in [0.5, 0.6) is 0 Å². The summed E-state index contributed by atoms with van der Waals surface area (Å²) in [5, 5.41) is 0. The van der Waals surface area contributed by atoms with Gasteiger partial charge in [-0.2, -0.15) is 4.31 Å². The molecule has 7 nitrogen and oxygen atoms in total. The van der Waals surface area contributed by atoms with E-state index in [1.165, 1.54) is 4.31 Å². The van der Waals surface area contributed by atoms with Gasteiger partial charge in [0.15, 0.2) is 0 Å². The smallest absolute Gasteiger partial charge is 0.215 e. The predicted octanol–water partition coefficient (Wildman–Crippen LogP) is -1.98. The number of ether oxygens (including phenoxy) is 1. The minimum absolute atomic E-state index is 0.197. The molecule has 1 saturated heterocycles. The maximum absolute atomic E-state index is 11.9. The second-order valence-electron chi connectivity index (χ2n) is 4.03. The lowest BCUT2D eigenvalue weighted by molar-refractivity contribution is 0.00456. The first-order valence-electron chi connectivity index (χ1n) is 5.22. The summed E-state index contributed by atoms with van der Waals surface area (Å²) in [6, 6.07) is 0. The highest BCUT2D eigenvalue weighted by Gasteiger charge is 2.29. The first kappa shape index (κ1) is 14.8. The Kier molecular flexibility index (Phi) is 4.90. The largest absolute Gasteiger partial charge is 0.374 e. The Labute approximate surface area is 102 Å². The van der Waals surface area contributed by atoms with Gasteiger partial charge in [0.25, 0.3) is 0 Å². The van der Waals surface area contributed by atoms with Crippen molar-refractivity contribution in [2.45, 2.75) is 6.10 Å². The maximum Gasteiger partial charge on any atom is 0.215 e. The molecule has 1 fully saturated rings. The van der Waals surface area contributed by atoms with Crippen LogP contribution < -0.4 is 5.73 Å². The molecule has 0 amide bonds. The summed E-state index contributed by atoms with van der Waals surface area (Å²) < 4.78 is 52.1. The number of rotatable bonds is 5. The molecule has 0 radical (unpaired) electrons. The van der Waals surface area contributed by atoms with E-state index in [0.29, 0.717) is 6.61 Å². The third kappa shape index (κ3) is 4.88. The molecule has 1 aliphatic heterocycles. The first-order valence-corrected chi connectivity index (χ1v) is 8.89. The fraction of sp³-hybridized carbons (Fsp3) is 1.00. The van der Waals surface area contributed by atoms with Gasteiger partial charge in [-0.3, -0.25) is 0 Å². The van der Waals surface area contributed by atoms with Gasteiger partial charge in [-0.05, 0) is 0 Å². The van der Waals surface area contributed by atoms with Crippen LogP contribution >= 0.6 is 0 Å². The summed E-state index contributed by atoms with van der Waals surface area (Å²) in [5.74, 6) is -0.747. The van der Waals surface area contributed by atoms with Crippen LogP contribution in [0.2, 0.25) is 0 Å². The van der Waals surface area contributed by atoms with E-state index >= 15 is 0 Å². The van der Waals surface area contributed by atoms with Gasteiger partial charge in [-0.15, -0.1) is 0 Å². The Morgan fingerprint density at radius 1 is 1.29 bits per heavy atom. The van der Waals surface area contributed by atoms with Gasteiger partial charge in [0.1, 0.15) is 9.84 Å². The van der Waals surface area contributed by atoms with E-state index < -0.39 is 19.9 Å². The quantitative estimate of drug-likeness (QED) is 0.627. The van der Waals surface area contributed by atoms with E-state index in [2.05, 4.69) is 0 Å². The topological polar surface area (TPSA) is 107 Å². The molecule has 0 saturated carbocycles. The summed E-state index contributed by atoms with van der Waals surface area (Å²) >= 11 is 0. The predicted molar refractivity (Wildman–Crippen MR) is 63.9 cm³/mol. The molecule has 0 spiro atoms. The summed E-state index contributed by atoms with van der Waals surface area (Å²) in [7, 11) is -6.82. The number of sulfonamides is 1. The Morgan fingerprint density at radius 3 is 2.47 bits per heavy atom. The molecule has 17 heavy (non-hydrogen) atoms. The van der Waals surface area contributed by atoms with Crippen molar-refractivity contribution in [1.29, 1.82) is 0 Å². The maximum atomic E-state index is 11.9. The lowest BCUT2D eigenvalue weighted by Crippen LogP contribution is -2.49. The number of sulfone groups is 1. The monoisotopic (exact) mass is 286 g/mol.